The first kappa shape index (κ1) is 15.1. The summed E-state index contributed by atoms with van der Waals surface area (Å²) in [4.78, 5) is 17.9. The van der Waals surface area contributed by atoms with E-state index in [1.54, 1.807) is 25.2 Å². The minimum Gasteiger partial charge on any atom is -0.378 e. The van der Waals surface area contributed by atoms with Crippen molar-refractivity contribution in [1.82, 2.24) is 14.5 Å². The summed E-state index contributed by atoms with van der Waals surface area (Å²) in [6.07, 6.45) is 3.77. The van der Waals surface area contributed by atoms with Crippen LogP contribution in [-0.4, -0.2) is 34.5 Å². The summed E-state index contributed by atoms with van der Waals surface area (Å²) in [7, 11) is 3.51. The van der Waals surface area contributed by atoms with E-state index in [1.165, 1.54) is 0 Å². The van der Waals surface area contributed by atoms with E-state index in [0.29, 0.717) is 12.1 Å². The topological polar surface area (TPSA) is 50.2 Å². The number of nitrogens with zero attached hydrogens (tertiary/aromatic N) is 3. The number of hydrogen-bond donors (Lipinski definition) is 1. The Morgan fingerprint density at radius 1 is 1.38 bits per heavy atom. The van der Waals surface area contributed by atoms with Gasteiger partial charge in [0.1, 0.15) is 5.82 Å². The van der Waals surface area contributed by atoms with Crippen LogP contribution < -0.4 is 5.32 Å². The second-order valence-corrected chi connectivity index (χ2v) is 5.21. The van der Waals surface area contributed by atoms with Crippen molar-refractivity contribution in [2.24, 2.45) is 0 Å². The summed E-state index contributed by atoms with van der Waals surface area (Å²) in [6.45, 7) is 5.65. The number of aryl methyl sites for hydroxylation is 2. The quantitative estimate of drug-likeness (QED) is 0.919. The molecule has 0 aliphatic heterocycles. The Morgan fingerprint density at radius 2 is 2.14 bits per heavy atom. The lowest BCUT2D eigenvalue weighted by Gasteiger charge is -2.14. The Morgan fingerprint density at radius 3 is 2.81 bits per heavy atom. The van der Waals surface area contributed by atoms with E-state index in [0.717, 1.165) is 23.6 Å². The zero-order chi connectivity index (χ0) is 15.4. The Balaban J connectivity index is 2.16. The lowest BCUT2D eigenvalue weighted by atomic mass is 10.1. The highest BCUT2D eigenvalue weighted by atomic mass is 16.2. The first-order chi connectivity index (χ1) is 10.0. The minimum atomic E-state index is 0.00751. The molecule has 0 saturated heterocycles. The van der Waals surface area contributed by atoms with Gasteiger partial charge in [-0.25, -0.2) is 4.98 Å². The number of carbonyl (C=O) groups is 1. The van der Waals surface area contributed by atoms with Gasteiger partial charge in [0.2, 0.25) is 0 Å². The second kappa shape index (κ2) is 6.43. The Hall–Kier alpha value is -2.30. The van der Waals surface area contributed by atoms with Crippen molar-refractivity contribution in [1.29, 1.82) is 0 Å². The molecule has 1 N–H and O–H groups in total. The van der Waals surface area contributed by atoms with Crippen molar-refractivity contribution in [3.05, 3.63) is 47.5 Å². The zero-order valence-electron chi connectivity index (χ0n) is 13.1. The third-order valence-corrected chi connectivity index (χ3v) is 3.47. The van der Waals surface area contributed by atoms with Gasteiger partial charge in [-0.05, 0) is 31.5 Å². The fourth-order valence-electron chi connectivity index (χ4n) is 2.17. The molecular weight excluding hydrogens is 264 g/mol. The number of imidazole rings is 1. The van der Waals surface area contributed by atoms with E-state index in [-0.39, 0.29) is 5.91 Å². The van der Waals surface area contributed by atoms with Gasteiger partial charge >= 0.3 is 0 Å². The smallest absolute Gasteiger partial charge is 0.253 e. The van der Waals surface area contributed by atoms with Gasteiger partial charge in [0.15, 0.2) is 0 Å². The molecule has 5 heteroatoms. The highest BCUT2D eigenvalue weighted by Crippen LogP contribution is 2.18. The zero-order valence-corrected chi connectivity index (χ0v) is 13.1. The molecule has 1 aromatic heterocycles. The van der Waals surface area contributed by atoms with Crippen molar-refractivity contribution in [2.75, 3.05) is 19.4 Å². The standard InChI is InChI=1S/C16H22N4O/c1-5-20-9-8-17-15(20)11-18-14-10-13(7-6-12(14)2)16(21)19(3)4/h6-10,18H,5,11H2,1-4H3. The molecule has 0 aliphatic rings. The molecule has 2 rings (SSSR count). The minimum absolute atomic E-state index is 0.00751. The van der Waals surface area contributed by atoms with Crippen LogP contribution in [0.4, 0.5) is 5.69 Å². The van der Waals surface area contributed by atoms with Gasteiger partial charge in [-0.2, -0.15) is 0 Å². The molecule has 5 nitrogen and oxygen atoms in total. The van der Waals surface area contributed by atoms with Gasteiger partial charge in [0.05, 0.1) is 6.54 Å². The van der Waals surface area contributed by atoms with Crippen LogP contribution in [-0.2, 0) is 13.1 Å². The van der Waals surface area contributed by atoms with Crippen molar-refractivity contribution in [2.45, 2.75) is 26.9 Å². The van der Waals surface area contributed by atoms with E-state index < -0.39 is 0 Å². The number of aromatic nitrogens is 2. The summed E-state index contributed by atoms with van der Waals surface area (Å²) in [5, 5.41) is 3.37. The van der Waals surface area contributed by atoms with E-state index >= 15 is 0 Å². The fourth-order valence-corrected chi connectivity index (χ4v) is 2.17. The van der Waals surface area contributed by atoms with Crippen LogP contribution in [0.2, 0.25) is 0 Å². The maximum Gasteiger partial charge on any atom is 0.253 e. The first-order valence-electron chi connectivity index (χ1n) is 7.09. The van der Waals surface area contributed by atoms with Crippen LogP contribution in [0.25, 0.3) is 0 Å². The van der Waals surface area contributed by atoms with Gasteiger partial charge in [0, 0.05) is 44.3 Å². The average molecular weight is 286 g/mol. The van der Waals surface area contributed by atoms with Crippen LogP contribution in [0, 0.1) is 6.92 Å². The molecule has 0 aliphatic carbocycles. The maximum absolute atomic E-state index is 12.0. The number of anilines is 1. The number of rotatable bonds is 5. The molecule has 112 valence electrons. The maximum atomic E-state index is 12.0. The number of nitrogens with one attached hydrogen (secondary N) is 1. The lowest BCUT2D eigenvalue weighted by Crippen LogP contribution is -2.21. The summed E-state index contributed by atoms with van der Waals surface area (Å²) in [5.41, 5.74) is 2.76. The van der Waals surface area contributed by atoms with Crippen LogP contribution in [0.1, 0.15) is 28.7 Å². The molecule has 0 fully saturated rings. The van der Waals surface area contributed by atoms with E-state index in [2.05, 4.69) is 21.8 Å². The summed E-state index contributed by atoms with van der Waals surface area (Å²) in [6, 6.07) is 5.72. The van der Waals surface area contributed by atoms with Gasteiger partial charge < -0.3 is 14.8 Å². The molecule has 0 spiro atoms. The van der Waals surface area contributed by atoms with Crippen LogP contribution in [0.15, 0.2) is 30.6 Å². The monoisotopic (exact) mass is 286 g/mol. The van der Waals surface area contributed by atoms with Gasteiger partial charge in [-0.15, -0.1) is 0 Å². The van der Waals surface area contributed by atoms with Gasteiger partial charge in [-0.3, -0.25) is 4.79 Å². The van der Waals surface area contributed by atoms with Crippen molar-refractivity contribution >= 4 is 11.6 Å². The molecule has 21 heavy (non-hydrogen) atoms. The van der Waals surface area contributed by atoms with Crippen LogP contribution in [0.3, 0.4) is 0 Å². The normalized spacial score (nSPS) is 10.5. The summed E-state index contributed by atoms with van der Waals surface area (Å²) in [5.74, 6) is 0.995. The molecule has 1 amide bonds. The first-order valence-corrected chi connectivity index (χ1v) is 7.09. The third-order valence-electron chi connectivity index (χ3n) is 3.47. The van der Waals surface area contributed by atoms with Gasteiger partial charge in [0.25, 0.3) is 5.91 Å². The molecule has 0 saturated carbocycles. The molecule has 0 bridgehead atoms. The Bertz CT molecular complexity index is 631. The Kier molecular flexibility index (Phi) is 4.62. The van der Waals surface area contributed by atoms with Crippen LogP contribution in [0.5, 0.6) is 0 Å². The van der Waals surface area contributed by atoms with Gasteiger partial charge in [-0.1, -0.05) is 6.07 Å². The summed E-state index contributed by atoms with van der Waals surface area (Å²) < 4.78 is 2.09. The van der Waals surface area contributed by atoms with Crippen molar-refractivity contribution in [3.8, 4) is 0 Å². The molecule has 1 aromatic carbocycles. The highest BCUT2D eigenvalue weighted by Gasteiger charge is 2.10. The number of carbonyl (C=O) groups excluding carboxylic acids is 1. The predicted molar refractivity (Wildman–Crippen MR) is 84.4 cm³/mol. The lowest BCUT2D eigenvalue weighted by molar-refractivity contribution is 0.0827. The third kappa shape index (κ3) is 3.42. The highest BCUT2D eigenvalue weighted by molar-refractivity contribution is 5.95. The predicted octanol–water partition coefficient (Wildman–Crippen LogP) is 2.53. The van der Waals surface area contributed by atoms with Crippen molar-refractivity contribution < 1.29 is 4.79 Å². The number of benzene rings is 1. The largest absolute Gasteiger partial charge is 0.378 e. The molecule has 0 atom stereocenters. The second-order valence-electron chi connectivity index (χ2n) is 5.21. The number of hydrogen-bond acceptors (Lipinski definition) is 3. The van der Waals surface area contributed by atoms with Crippen molar-refractivity contribution in [3.63, 3.8) is 0 Å². The molecule has 2 aromatic rings. The fraction of sp³-hybridized carbons (Fsp3) is 0.375. The van der Waals surface area contributed by atoms with E-state index in [1.807, 2.05) is 31.3 Å². The number of amides is 1. The molecule has 0 radical (unpaired) electrons. The molecule has 1 heterocycles. The van der Waals surface area contributed by atoms with E-state index in [4.69, 9.17) is 0 Å². The Labute approximate surface area is 125 Å². The molecular formula is C16H22N4O. The average Bonchev–Trinajstić information content (AvgIpc) is 2.93. The summed E-state index contributed by atoms with van der Waals surface area (Å²) >= 11 is 0. The molecule has 0 unspecified atom stereocenters. The van der Waals surface area contributed by atoms with E-state index in [9.17, 15) is 4.79 Å². The SMILES string of the molecule is CCn1ccnc1CNc1cc(C(=O)N(C)C)ccc1C. The van der Waals surface area contributed by atoms with Crippen LogP contribution >= 0.6 is 0 Å².